The lowest BCUT2D eigenvalue weighted by atomic mass is 10.0. The zero-order chi connectivity index (χ0) is 17.3. The molecule has 1 N–H and O–H groups in total. The van der Waals surface area contributed by atoms with Crippen LogP contribution in [-0.4, -0.2) is 9.51 Å². The number of hydrogen-bond acceptors (Lipinski definition) is 3. The van der Waals surface area contributed by atoms with Gasteiger partial charge in [0.2, 0.25) is 0 Å². The smallest absolute Gasteiger partial charge is 0.197 e. The number of rotatable bonds is 0. The molecule has 5 aromatic rings. The average molecular weight is 392 g/mol. The van der Waals surface area contributed by atoms with Crippen LogP contribution in [0.4, 0.5) is 0 Å². The summed E-state index contributed by atoms with van der Waals surface area (Å²) in [6.45, 7) is 0. The number of aromatic nitrogens is 1. The van der Waals surface area contributed by atoms with Crippen LogP contribution in [0.2, 0.25) is 0 Å². The minimum absolute atomic E-state index is 0.00882. The van der Waals surface area contributed by atoms with E-state index in [0.717, 1.165) is 0 Å². The fourth-order valence-electron chi connectivity index (χ4n) is 3.64. The molecular formula is C20H10BrNO3. The van der Waals surface area contributed by atoms with Crippen molar-refractivity contribution in [3.63, 3.8) is 0 Å². The quantitative estimate of drug-likeness (QED) is 0.320. The Hall–Kier alpha value is -2.92. The Balaban J connectivity index is 2.37. The highest BCUT2D eigenvalue weighted by Gasteiger charge is 2.18. The number of phenols is 1. The molecule has 0 aliphatic rings. The normalized spacial score (nSPS) is 11.9. The van der Waals surface area contributed by atoms with Gasteiger partial charge in [0.1, 0.15) is 5.75 Å². The lowest BCUT2D eigenvalue weighted by molar-refractivity contribution is 0.480. The minimum atomic E-state index is -0.202. The zero-order valence-electron chi connectivity index (χ0n) is 12.8. The van der Waals surface area contributed by atoms with Crippen molar-refractivity contribution >= 4 is 54.0 Å². The molecule has 120 valence electrons. The summed E-state index contributed by atoms with van der Waals surface area (Å²) in [6, 6.07) is 15.6. The van der Waals surface area contributed by atoms with Crippen molar-refractivity contribution in [2.75, 3.05) is 0 Å². The SMILES string of the molecule is O=c1c2ccccc2n2c3c(O)cccc3c(=O)c3cc(Br)cc1c32. The van der Waals surface area contributed by atoms with Crippen LogP contribution in [0.1, 0.15) is 0 Å². The van der Waals surface area contributed by atoms with Crippen LogP contribution in [0.15, 0.2) is 68.7 Å². The van der Waals surface area contributed by atoms with Crippen molar-refractivity contribution in [1.82, 2.24) is 4.40 Å². The van der Waals surface area contributed by atoms with E-state index in [1.807, 2.05) is 22.6 Å². The summed E-state index contributed by atoms with van der Waals surface area (Å²) < 4.78 is 2.49. The predicted molar refractivity (Wildman–Crippen MR) is 103 cm³/mol. The average Bonchev–Trinajstić information content (AvgIpc) is 2.61. The predicted octanol–water partition coefficient (Wildman–Crippen LogP) is 4.03. The molecule has 0 fully saturated rings. The molecule has 5 rings (SSSR count). The standard InChI is InChI=1S/C20H10BrNO3/c21-10-8-13-17-14(9-10)20(25)12-5-3-7-16(23)18(12)22(17)15-6-2-1-4-11(15)19(13)24/h1-9,23H. The van der Waals surface area contributed by atoms with Crippen molar-refractivity contribution in [3.05, 3.63) is 79.5 Å². The van der Waals surface area contributed by atoms with E-state index in [1.54, 1.807) is 36.4 Å². The van der Waals surface area contributed by atoms with E-state index in [4.69, 9.17) is 0 Å². The highest BCUT2D eigenvalue weighted by atomic mass is 79.9. The summed E-state index contributed by atoms with van der Waals surface area (Å²) in [6.07, 6.45) is 0. The lowest BCUT2D eigenvalue weighted by Gasteiger charge is -2.15. The summed E-state index contributed by atoms with van der Waals surface area (Å²) in [4.78, 5) is 26.0. The second-order valence-electron chi connectivity index (χ2n) is 6.03. The van der Waals surface area contributed by atoms with Gasteiger partial charge >= 0.3 is 0 Å². The molecule has 2 heterocycles. The summed E-state index contributed by atoms with van der Waals surface area (Å²) in [7, 11) is 0. The third-order valence-electron chi connectivity index (χ3n) is 4.66. The molecule has 25 heavy (non-hydrogen) atoms. The van der Waals surface area contributed by atoms with Crippen LogP contribution >= 0.6 is 15.9 Å². The first-order valence-electron chi connectivity index (χ1n) is 7.72. The summed E-state index contributed by atoms with van der Waals surface area (Å²) in [5.74, 6) is 0.00882. The molecule has 0 aliphatic heterocycles. The van der Waals surface area contributed by atoms with Gasteiger partial charge in [-0.3, -0.25) is 9.59 Å². The molecule has 0 saturated heterocycles. The van der Waals surface area contributed by atoms with E-state index in [1.165, 1.54) is 0 Å². The van der Waals surface area contributed by atoms with Gasteiger partial charge in [0.15, 0.2) is 10.9 Å². The number of fused-ring (bicyclic) bond motifs is 4. The van der Waals surface area contributed by atoms with E-state index in [-0.39, 0.29) is 16.6 Å². The number of aromatic hydroxyl groups is 1. The number of nitrogens with zero attached hydrogens (tertiary/aromatic N) is 1. The molecule has 0 radical (unpaired) electrons. The molecule has 3 aromatic carbocycles. The van der Waals surface area contributed by atoms with Crippen molar-refractivity contribution < 1.29 is 5.11 Å². The van der Waals surface area contributed by atoms with Gasteiger partial charge in [0, 0.05) is 20.6 Å². The Morgan fingerprint density at radius 3 is 2.16 bits per heavy atom. The molecular weight excluding hydrogens is 382 g/mol. The van der Waals surface area contributed by atoms with Gasteiger partial charge in [0.25, 0.3) is 0 Å². The molecule has 4 nitrogen and oxygen atoms in total. The van der Waals surface area contributed by atoms with Crippen LogP contribution in [0.3, 0.4) is 0 Å². The molecule has 0 atom stereocenters. The first-order chi connectivity index (χ1) is 12.1. The number of benzene rings is 3. The molecule has 0 aliphatic carbocycles. The molecule has 0 spiro atoms. The van der Waals surface area contributed by atoms with E-state index in [2.05, 4.69) is 15.9 Å². The maximum atomic E-state index is 13.0. The van der Waals surface area contributed by atoms with E-state index >= 15 is 0 Å². The number of hydrogen-bond donors (Lipinski definition) is 1. The van der Waals surface area contributed by atoms with Crippen LogP contribution in [0, 0.1) is 0 Å². The van der Waals surface area contributed by atoms with Gasteiger partial charge in [-0.25, -0.2) is 0 Å². The van der Waals surface area contributed by atoms with Gasteiger partial charge in [-0.2, -0.15) is 0 Å². The first-order valence-corrected chi connectivity index (χ1v) is 8.51. The van der Waals surface area contributed by atoms with Crippen molar-refractivity contribution in [2.24, 2.45) is 0 Å². The Kier molecular flexibility index (Phi) is 2.77. The number of para-hydroxylation sites is 2. The fourth-order valence-corrected chi connectivity index (χ4v) is 4.10. The van der Waals surface area contributed by atoms with Crippen molar-refractivity contribution in [1.29, 1.82) is 0 Å². The highest BCUT2D eigenvalue weighted by molar-refractivity contribution is 9.10. The van der Waals surface area contributed by atoms with E-state index < -0.39 is 0 Å². The Labute approximate surface area is 149 Å². The molecule has 0 unspecified atom stereocenters. The zero-order valence-corrected chi connectivity index (χ0v) is 14.4. The van der Waals surface area contributed by atoms with Gasteiger partial charge in [-0.1, -0.05) is 34.1 Å². The third kappa shape index (κ3) is 1.76. The van der Waals surface area contributed by atoms with Gasteiger partial charge in [0.05, 0.1) is 21.9 Å². The Bertz CT molecular complexity index is 1430. The molecule has 5 heteroatoms. The largest absolute Gasteiger partial charge is 0.506 e. The van der Waals surface area contributed by atoms with Crippen LogP contribution in [0.5, 0.6) is 5.75 Å². The van der Waals surface area contributed by atoms with Gasteiger partial charge < -0.3 is 9.51 Å². The Morgan fingerprint density at radius 2 is 1.40 bits per heavy atom. The molecule has 0 bridgehead atoms. The van der Waals surface area contributed by atoms with Crippen molar-refractivity contribution in [2.45, 2.75) is 0 Å². The van der Waals surface area contributed by atoms with Crippen LogP contribution in [-0.2, 0) is 0 Å². The fraction of sp³-hybridized carbons (Fsp3) is 0. The second-order valence-corrected chi connectivity index (χ2v) is 6.95. The number of halogens is 1. The lowest BCUT2D eigenvalue weighted by Crippen LogP contribution is -2.14. The highest BCUT2D eigenvalue weighted by Crippen LogP contribution is 2.32. The summed E-state index contributed by atoms with van der Waals surface area (Å²) in [5, 5.41) is 12.3. The van der Waals surface area contributed by atoms with Crippen molar-refractivity contribution in [3.8, 4) is 5.75 Å². The molecule has 0 amide bonds. The third-order valence-corrected chi connectivity index (χ3v) is 5.12. The van der Waals surface area contributed by atoms with E-state index in [9.17, 15) is 14.7 Å². The molecule has 0 saturated carbocycles. The van der Waals surface area contributed by atoms with Crippen LogP contribution in [0.25, 0.3) is 38.1 Å². The monoisotopic (exact) mass is 391 g/mol. The topological polar surface area (TPSA) is 58.8 Å². The van der Waals surface area contributed by atoms with Gasteiger partial charge in [-0.05, 0) is 36.4 Å². The van der Waals surface area contributed by atoms with Gasteiger partial charge in [-0.15, -0.1) is 0 Å². The molecule has 2 aromatic heterocycles. The number of pyridine rings is 2. The minimum Gasteiger partial charge on any atom is -0.506 e. The summed E-state index contributed by atoms with van der Waals surface area (Å²) >= 11 is 3.40. The maximum absolute atomic E-state index is 13.0. The van der Waals surface area contributed by atoms with Crippen LogP contribution < -0.4 is 10.9 Å². The Morgan fingerprint density at radius 1 is 0.760 bits per heavy atom. The maximum Gasteiger partial charge on any atom is 0.197 e. The van der Waals surface area contributed by atoms with E-state index in [0.29, 0.717) is 42.6 Å². The second kappa shape index (κ2) is 4.80. The first kappa shape index (κ1) is 14.4. The number of phenolic OH excluding ortho intramolecular Hbond substituents is 1. The summed E-state index contributed by atoms with van der Waals surface area (Å²) in [5.41, 5.74) is 1.29.